The van der Waals surface area contributed by atoms with Crippen LogP contribution >= 0.6 is 22.6 Å². The number of sulfonamides is 1. The number of anilines is 1. The van der Waals surface area contributed by atoms with Crippen molar-refractivity contribution < 1.29 is 13.2 Å². The summed E-state index contributed by atoms with van der Waals surface area (Å²) in [5, 5.41) is 2.88. The first kappa shape index (κ1) is 22.0. The Morgan fingerprint density at radius 2 is 1.69 bits per heavy atom. The maximum atomic E-state index is 12.5. The first-order valence-electron chi connectivity index (χ1n) is 9.62. The Morgan fingerprint density at radius 1 is 1.07 bits per heavy atom. The summed E-state index contributed by atoms with van der Waals surface area (Å²) in [6, 6.07) is 15.1. The van der Waals surface area contributed by atoms with Crippen LogP contribution in [0.3, 0.4) is 0 Å². The minimum atomic E-state index is -3.57. The van der Waals surface area contributed by atoms with Crippen molar-refractivity contribution in [3.8, 4) is 0 Å². The van der Waals surface area contributed by atoms with E-state index in [-0.39, 0.29) is 12.5 Å². The largest absolute Gasteiger partial charge is 0.350 e. The van der Waals surface area contributed by atoms with E-state index in [1.807, 2.05) is 30.3 Å². The number of carbonyl (C=O) groups is 1. The minimum Gasteiger partial charge on any atom is -0.350 e. The summed E-state index contributed by atoms with van der Waals surface area (Å²) in [5.41, 5.74) is 2.75. The summed E-state index contributed by atoms with van der Waals surface area (Å²) in [4.78, 5) is 15.0. The zero-order valence-electron chi connectivity index (χ0n) is 16.5. The zero-order chi connectivity index (χ0) is 20.9. The molecule has 2 aromatic rings. The number of nitrogens with one attached hydrogen (secondary N) is 1. The van der Waals surface area contributed by atoms with Gasteiger partial charge in [0.25, 0.3) is 0 Å². The van der Waals surface area contributed by atoms with Crippen LogP contribution in [0.5, 0.6) is 0 Å². The molecule has 1 N–H and O–H groups in total. The molecule has 0 spiro atoms. The van der Waals surface area contributed by atoms with Crippen molar-refractivity contribution in [2.24, 2.45) is 0 Å². The maximum Gasteiger partial charge on any atom is 0.241 e. The van der Waals surface area contributed by atoms with Gasteiger partial charge in [-0.1, -0.05) is 24.3 Å². The second kappa shape index (κ2) is 9.90. The molecule has 1 heterocycles. The number of hydrogen-bond donors (Lipinski definition) is 1. The molecule has 0 aromatic heterocycles. The highest BCUT2D eigenvalue weighted by Crippen LogP contribution is 2.19. The lowest BCUT2D eigenvalue weighted by atomic mass is 10.1. The smallest absolute Gasteiger partial charge is 0.241 e. The van der Waals surface area contributed by atoms with Crippen LogP contribution in [0.15, 0.2) is 48.5 Å². The van der Waals surface area contributed by atoms with Crippen LogP contribution in [0.1, 0.15) is 24.0 Å². The molecule has 0 aliphatic carbocycles. The summed E-state index contributed by atoms with van der Waals surface area (Å²) in [6.07, 6.45) is 3.58. The number of nitrogens with zero attached hydrogens (tertiary/aromatic N) is 2. The predicted octanol–water partition coefficient (Wildman–Crippen LogP) is 2.97. The Bertz CT molecular complexity index is 942. The van der Waals surface area contributed by atoms with Gasteiger partial charge in [-0.3, -0.25) is 14.0 Å². The summed E-state index contributed by atoms with van der Waals surface area (Å²) in [7, 11) is -3.57. The van der Waals surface area contributed by atoms with Crippen LogP contribution in [0.4, 0.5) is 5.69 Å². The van der Waals surface area contributed by atoms with Crippen molar-refractivity contribution in [3.05, 3.63) is 63.2 Å². The van der Waals surface area contributed by atoms with E-state index in [1.54, 1.807) is 12.1 Å². The molecule has 3 rings (SSSR count). The number of amides is 1. The molecule has 1 saturated heterocycles. The zero-order valence-corrected chi connectivity index (χ0v) is 19.4. The third-order valence-corrected chi connectivity index (χ3v) is 6.85. The minimum absolute atomic E-state index is 0.242. The summed E-state index contributed by atoms with van der Waals surface area (Å²) in [5.74, 6) is -0.329. The third-order valence-electron chi connectivity index (χ3n) is 4.99. The topological polar surface area (TPSA) is 69.7 Å². The van der Waals surface area contributed by atoms with Crippen LogP contribution in [0, 0.1) is 3.57 Å². The number of rotatable bonds is 8. The van der Waals surface area contributed by atoms with Gasteiger partial charge in [-0.15, -0.1) is 0 Å². The molecule has 0 unspecified atom stereocenters. The van der Waals surface area contributed by atoms with Gasteiger partial charge in [-0.05, 0) is 83.9 Å². The Balaban J connectivity index is 1.64. The quantitative estimate of drug-likeness (QED) is 0.537. The summed E-state index contributed by atoms with van der Waals surface area (Å²) >= 11 is 2.16. The summed E-state index contributed by atoms with van der Waals surface area (Å²) < 4.78 is 26.6. The van der Waals surface area contributed by atoms with Gasteiger partial charge in [0.05, 0.1) is 11.9 Å². The van der Waals surface area contributed by atoms with E-state index in [0.717, 1.165) is 39.3 Å². The van der Waals surface area contributed by atoms with Gasteiger partial charge in [0.2, 0.25) is 15.9 Å². The van der Waals surface area contributed by atoms with Crippen molar-refractivity contribution in [2.75, 3.05) is 30.2 Å². The van der Waals surface area contributed by atoms with Gasteiger partial charge >= 0.3 is 0 Å². The molecule has 0 radical (unpaired) electrons. The molecule has 0 atom stereocenters. The van der Waals surface area contributed by atoms with Crippen molar-refractivity contribution in [2.45, 2.75) is 25.9 Å². The van der Waals surface area contributed by atoms with Gasteiger partial charge in [-0.25, -0.2) is 8.42 Å². The molecule has 1 aliphatic heterocycles. The molecule has 29 heavy (non-hydrogen) atoms. The number of likely N-dealkylation sites (tertiary alicyclic amines) is 1. The van der Waals surface area contributed by atoms with Crippen LogP contribution in [-0.4, -0.2) is 45.1 Å². The van der Waals surface area contributed by atoms with E-state index in [4.69, 9.17) is 0 Å². The highest BCUT2D eigenvalue weighted by molar-refractivity contribution is 14.1. The van der Waals surface area contributed by atoms with E-state index in [1.165, 1.54) is 18.4 Å². The van der Waals surface area contributed by atoms with Crippen molar-refractivity contribution in [3.63, 3.8) is 0 Å². The van der Waals surface area contributed by atoms with E-state index in [0.29, 0.717) is 12.2 Å². The fraction of sp³-hybridized carbons (Fsp3) is 0.381. The van der Waals surface area contributed by atoms with E-state index in [9.17, 15) is 13.2 Å². The van der Waals surface area contributed by atoms with Gasteiger partial charge < -0.3 is 5.32 Å². The van der Waals surface area contributed by atoms with Crippen LogP contribution < -0.4 is 9.62 Å². The average Bonchev–Trinajstić information content (AvgIpc) is 3.18. The first-order valence-corrected chi connectivity index (χ1v) is 12.5. The average molecular weight is 527 g/mol. The number of hydrogen-bond acceptors (Lipinski definition) is 4. The lowest BCUT2D eigenvalue weighted by Crippen LogP contribution is -2.40. The van der Waals surface area contributed by atoms with Gasteiger partial charge in [0.15, 0.2) is 0 Å². The van der Waals surface area contributed by atoms with Crippen molar-refractivity contribution >= 4 is 44.2 Å². The standard InChI is InChI=1S/C21H26IN3O3S/c1-29(27,28)25(20-10-8-19(22)9-11-20)16-21(26)23-14-17-6-2-3-7-18(17)15-24-12-4-5-13-24/h2-3,6-11H,4-5,12-16H2,1H3,(H,23,26). The Kier molecular flexibility index (Phi) is 7.53. The molecule has 6 nitrogen and oxygen atoms in total. The van der Waals surface area contributed by atoms with Crippen molar-refractivity contribution in [1.29, 1.82) is 0 Å². The van der Waals surface area contributed by atoms with Gasteiger partial charge in [-0.2, -0.15) is 0 Å². The first-order chi connectivity index (χ1) is 13.8. The second-order valence-electron chi connectivity index (χ2n) is 7.27. The molecule has 1 amide bonds. The van der Waals surface area contributed by atoms with E-state index >= 15 is 0 Å². The molecule has 1 fully saturated rings. The number of carbonyl (C=O) groups excluding carboxylic acids is 1. The fourth-order valence-electron chi connectivity index (χ4n) is 3.45. The third kappa shape index (κ3) is 6.42. The van der Waals surface area contributed by atoms with E-state index < -0.39 is 10.0 Å². The second-order valence-corrected chi connectivity index (χ2v) is 10.4. The molecule has 2 aromatic carbocycles. The number of halogens is 1. The number of benzene rings is 2. The van der Waals surface area contributed by atoms with Crippen LogP contribution in [0.2, 0.25) is 0 Å². The van der Waals surface area contributed by atoms with Crippen LogP contribution in [-0.2, 0) is 27.9 Å². The summed E-state index contributed by atoms with van der Waals surface area (Å²) in [6.45, 7) is 3.24. The predicted molar refractivity (Wildman–Crippen MR) is 124 cm³/mol. The maximum absolute atomic E-state index is 12.5. The molecule has 8 heteroatoms. The highest BCUT2D eigenvalue weighted by Gasteiger charge is 2.21. The molecule has 0 saturated carbocycles. The SMILES string of the molecule is CS(=O)(=O)N(CC(=O)NCc1ccccc1CN1CCCC1)c1ccc(I)cc1. The Morgan fingerprint density at radius 3 is 2.31 bits per heavy atom. The van der Waals surface area contributed by atoms with Crippen LogP contribution in [0.25, 0.3) is 0 Å². The lowest BCUT2D eigenvalue weighted by molar-refractivity contribution is -0.119. The normalized spacial score (nSPS) is 14.7. The molecular formula is C21H26IN3O3S. The Labute approximate surface area is 186 Å². The molecule has 1 aliphatic rings. The van der Waals surface area contributed by atoms with Gasteiger partial charge in [0, 0.05) is 16.7 Å². The highest BCUT2D eigenvalue weighted by atomic mass is 127. The fourth-order valence-corrected chi connectivity index (χ4v) is 4.67. The van der Waals surface area contributed by atoms with E-state index in [2.05, 4.69) is 38.9 Å². The molecular weight excluding hydrogens is 501 g/mol. The Hall–Kier alpha value is -1.65. The van der Waals surface area contributed by atoms with Gasteiger partial charge in [0.1, 0.15) is 6.54 Å². The lowest BCUT2D eigenvalue weighted by Gasteiger charge is -2.22. The van der Waals surface area contributed by atoms with Crippen molar-refractivity contribution in [1.82, 2.24) is 10.2 Å². The molecule has 0 bridgehead atoms. The monoisotopic (exact) mass is 527 g/mol. The molecule has 156 valence electrons.